The van der Waals surface area contributed by atoms with Crippen LogP contribution in [-0.2, 0) is 14.3 Å². The molecule has 1 saturated heterocycles. The average Bonchev–Trinajstić information content (AvgIpc) is 3.40. The number of amides is 1. The Kier molecular flexibility index (Phi) is 6.41. The SMILES string of the molecule is COC(=O)CC1CC(=O)c2cc(N3CCC(Oc4ccc(Oc5ccc(F)cc5)cc4)C3=O)ccc21. The lowest BCUT2D eigenvalue weighted by Gasteiger charge is -2.19. The molecule has 3 aromatic carbocycles. The van der Waals surface area contributed by atoms with E-state index in [2.05, 4.69) is 0 Å². The Morgan fingerprint density at radius 3 is 2.33 bits per heavy atom. The van der Waals surface area contributed by atoms with Crippen molar-refractivity contribution in [1.29, 1.82) is 0 Å². The molecule has 1 heterocycles. The van der Waals surface area contributed by atoms with Gasteiger partial charge in [0.15, 0.2) is 11.9 Å². The maximum Gasteiger partial charge on any atom is 0.306 e. The highest BCUT2D eigenvalue weighted by atomic mass is 19.1. The third-order valence-corrected chi connectivity index (χ3v) is 6.47. The van der Waals surface area contributed by atoms with Gasteiger partial charge in [-0.2, -0.15) is 0 Å². The molecule has 184 valence electrons. The van der Waals surface area contributed by atoms with Gasteiger partial charge in [0.1, 0.15) is 23.1 Å². The van der Waals surface area contributed by atoms with Crippen molar-refractivity contribution in [2.24, 2.45) is 0 Å². The standard InChI is InChI=1S/C28H24FNO6/c1-34-27(32)15-17-14-25(31)24-16-19(4-11-23(17)24)30-13-12-26(28(30)33)36-22-9-7-21(8-10-22)35-20-5-2-18(29)3-6-20/h2-11,16-17,26H,12-15H2,1H3. The number of benzene rings is 3. The number of fused-ring (bicyclic) bond motifs is 1. The lowest BCUT2D eigenvalue weighted by molar-refractivity contribution is -0.141. The van der Waals surface area contributed by atoms with E-state index in [1.54, 1.807) is 35.2 Å². The highest BCUT2D eigenvalue weighted by Crippen LogP contribution is 2.38. The summed E-state index contributed by atoms with van der Waals surface area (Å²) in [5.41, 5.74) is 2.01. The number of carbonyl (C=O) groups is 3. The minimum absolute atomic E-state index is 0.0388. The summed E-state index contributed by atoms with van der Waals surface area (Å²) in [6, 6.07) is 17.9. The van der Waals surface area contributed by atoms with Crippen molar-refractivity contribution in [1.82, 2.24) is 0 Å². The molecule has 2 atom stereocenters. The lowest BCUT2D eigenvalue weighted by atomic mass is 9.97. The Hall–Kier alpha value is -4.20. The van der Waals surface area contributed by atoms with Gasteiger partial charge in [-0.05, 0) is 66.2 Å². The second kappa shape index (κ2) is 9.81. The van der Waals surface area contributed by atoms with Crippen LogP contribution in [0.4, 0.5) is 10.1 Å². The van der Waals surface area contributed by atoms with Crippen LogP contribution in [0.15, 0.2) is 66.7 Å². The van der Waals surface area contributed by atoms with E-state index in [1.807, 2.05) is 12.1 Å². The topological polar surface area (TPSA) is 82.1 Å². The fourth-order valence-corrected chi connectivity index (χ4v) is 4.63. The van der Waals surface area contributed by atoms with Gasteiger partial charge in [0.05, 0.1) is 13.5 Å². The molecule has 7 nitrogen and oxygen atoms in total. The van der Waals surface area contributed by atoms with Crippen molar-refractivity contribution in [3.05, 3.63) is 83.7 Å². The zero-order chi connectivity index (χ0) is 25.2. The molecule has 2 unspecified atom stereocenters. The number of halogens is 1. The predicted molar refractivity (Wildman–Crippen MR) is 129 cm³/mol. The van der Waals surface area contributed by atoms with Crippen LogP contribution in [0.3, 0.4) is 0 Å². The molecule has 5 rings (SSSR count). The molecule has 0 radical (unpaired) electrons. The summed E-state index contributed by atoms with van der Waals surface area (Å²) in [6.07, 6.45) is 0.266. The monoisotopic (exact) mass is 489 g/mol. The van der Waals surface area contributed by atoms with Gasteiger partial charge in [0.25, 0.3) is 5.91 Å². The average molecular weight is 489 g/mol. The van der Waals surface area contributed by atoms with Crippen LogP contribution < -0.4 is 14.4 Å². The fourth-order valence-electron chi connectivity index (χ4n) is 4.63. The number of hydrogen-bond donors (Lipinski definition) is 0. The van der Waals surface area contributed by atoms with E-state index in [1.165, 1.54) is 31.4 Å². The molecule has 0 N–H and O–H groups in total. The first-order valence-corrected chi connectivity index (χ1v) is 11.7. The highest BCUT2D eigenvalue weighted by Gasteiger charge is 2.36. The first kappa shape index (κ1) is 23.5. The molecule has 1 aliphatic heterocycles. The zero-order valence-corrected chi connectivity index (χ0v) is 19.6. The summed E-state index contributed by atoms with van der Waals surface area (Å²) in [5, 5.41) is 0. The van der Waals surface area contributed by atoms with E-state index >= 15 is 0 Å². The largest absolute Gasteiger partial charge is 0.481 e. The highest BCUT2D eigenvalue weighted by molar-refractivity contribution is 6.05. The van der Waals surface area contributed by atoms with Crippen molar-refractivity contribution >= 4 is 23.3 Å². The Bertz CT molecular complexity index is 1300. The lowest BCUT2D eigenvalue weighted by Crippen LogP contribution is -2.32. The predicted octanol–water partition coefficient (Wildman–Crippen LogP) is 5.04. The number of anilines is 1. The number of ether oxygens (including phenoxy) is 3. The van der Waals surface area contributed by atoms with Gasteiger partial charge >= 0.3 is 5.97 Å². The van der Waals surface area contributed by atoms with Gasteiger partial charge in [0, 0.05) is 36.6 Å². The fraction of sp³-hybridized carbons (Fsp3) is 0.250. The molecule has 2 aliphatic rings. The summed E-state index contributed by atoms with van der Waals surface area (Å²) >= 11 is 0. The van der Waals surface area contributed by atoms with Crippen molar-refractivity contribution in [2.75, 3.05) is 18.6 Å². The molecule has 8 heteroatoms. The summed E-state index contributed by atoms with van der Waals surface area (Å²) in [4.78, 5) is 38.9. The summed E-state index contributed by atoms with van der Waals surface area (Å²) in [5.74, 6) is 0.481. The first-order chi connectivity index (χ1) is 17.4. The molecule has 36 heavy (non-hydrogen) atoms. The third kappa shape index (κ3) is 4.79. The van der Waals surface area contributed by atoms with Crippen LogP contribution in [0.2, 0.25) is 0 Å². The number of methoxy groups -OCH3 is 1. The van der Waals surface area contributed by atoms with Gasteiger partial charge in [-0.15, -0.1) is 0 Å². The van der Waals surface area contributed by atoms with Crippen LogP contribution in [0.1, 0.15) is 41.1 Å². The van der Waals surface area contributed by atoms with Gasteiger partial charge in [0.2, 0.25) is 0 Å². The molecule has 0 saturated carbocycles. The van der Waals surface area contributed by atoms with E-state index < -0.39 is 6.10 Å². The third-order valence-electron chi connectivity index (χ3n) is 6.47. The summed E-state index contributed by atoms with van der Waals surface area (Å²) < 4.78 is 29.4. The second-order valence-electron chi connectivity index (χ2n) is 8.79. The number of esters is 1. The van der Waals surface area contributed by atoms with Crippen molar-refractivity contribution in [2.45, 2.75) is 31.3 Å². The molecule has 1 aliphatic carbocycles. The smallest absolute Gasteiger partial charge is 0.306 e. The van der Waals surface area contributed by atoms with E-state index in [4.69, 9.17) is 14.2 Å². The molecule has 0 aromatic heterocycles. The van der Waals surface area contributed by atoms with Crippen LogP contribution in [0, 0.1) is 5.82 Å². The second-order valence-corrected chi connectivity index (χ2v) is 8.79. The van der Waals surface area contributed by atoms with Crippen LogP contribution in [-0.4, -0.2) is 37.4 Å². The molecular formula is C28H24FNO6. The van der Waals surface area contributed by atoms with Crippen LogP contribution >= 0.6 is 0 Å². The van der Waals surface area contributed by atoms with E-state index in [-0.39, 0.29) is 42.2 Å². The first-order valence-electron chi connectivity index (χ1n) is 11.7. The minimum Gasteiger partial charge on any atom is -0.481 e. The molecule has 0 spiro atoms. The molecular weight excluding hydrogens is 465 g/mol. The summed E-state index contributed by atoms with van der Waals surface area (Å²) in [6.45, 7) is 0.466. The molecule has 1 fully saturated rings. The Morgan fingerprint density at radius 2 is 1.64 bits per heavy atom. The van der Waals surface area contributed by atoms with Crippen molar-refractivity contribution in [3.63, 3.8) is 0 Å². The Labute approximate surface area is 207 Å². The summed E-state index contributed by atoms with van der Waals surface area (Å²) in [7, 11) is 1.33. The molecule has 1 amide bonds. The van der Waals surface area contributed by atoms with E-state index in [0.29, 0.717) is 41.5 Å². The van der Waals surface area contributed by atoms with Crippen molar-refractivity contribution < 1.29 is 33.0 Å². The van der Waals surface area contributed by atoms with Crippen LogP contribution in [0.25, 0.3) is 0 Å². The van der Waals surface area contributed by atoms with Gasteiger partial charge in [-0.1, -0.05) is 6.07 Å². The Balaban J connectivity index is 1.23. The van der Waals surface area contributed by atoms with Gasteiger partial charge in [-0.3, -0.25) is 14.4 Å². The zero-order valence-electron chi connectivity index (χ0n) is 19.6. The molecule has 0 bridgehead atoms. The Morgan fingerprint density at radius 1 is 0.972 bits per heavy atom. The minimum atomic E-state index is -0.648. The number of ketones is 1. The van der Waals surface area contributed by atoms with Crippen LogP contribution in [0.5, 0.6) is 17.2 Å². The van der Waals surface area contributed by atoms with E-state index in [9.17, 15) is 18.8 Å². The quantitative estimate of drug-likeness (QED) is 0.433. The normalized spacial score (nSPS) is 18.8. The van der Waals surface area contributed by atoms with Crippen molar-refractivity contribution in [3.8, 4) is 17.2 Å². The number of rotatable bonds is 7. The van der Waals surface area contributed by atoms with E-state index in [0.717, 1.165) is 5.56 Å². The van der Waals surface area contributed by atoms with Gasteiger partial charge < -0.3 is 19.1 Å². The molecule has 3 aromatic rings. The maximum atomic E-state index is 13.1. The maximum absolute atomic E-state index is 13.1. The number of nitrogens with zero attached hydrogens (tertiary/aromatic N) is 1. The number of hydrogen-bond acceptors (Lipinski definition) is 6. The van der Waals surface area contributed by atoms with Gasteiger partial charge in [-0.25, -0.2) is 4.39 Å². The number of Topliss-reactive ketones (excluding diaryl/α,β-unsaturated/α-hetero) is 1. The number of carbonyl (C=O) groups excluding carboxylic acids is 3.